The zero-order chi connectivity index (χ0) is 24.2. The number of benzene rings is 2. The smallest absolute Gasteiger partial charge is 0.223 e. The van der Waals surface area contributed by atoms with Gasteiger partial charge in [0.1, 0.15) is 0 Å². The molecule has 4 aromatic rings. The third-order valence-electron chi connectivity index (χ3n) is 6.44. The van der Waals surface area contributed by atoms with Crippen LogP contribution in [0.5, 0.6) is 0 Å². The molecule has 2 aromatic carbocycles. The summed E-state index contributed by atoms with van der Waals surface area (Å²) >= 11 is 7.68. The van der Waals surface area contributed by atoms with E-state index in [1.165, 1.54) is 49.6 Å². The van der Waals surface area contributed by atoms with E-state index in [0.717, 1.165) is 45.0 Å². The molecule has 0 unspecified atom stereocenters. The van der Waals surface area contributed by atoms with Crippen LogP contribution >= 0.6 is 23.5 Å². The number of nitrogens with zero attached hydrogens (tertiary/aromatic N) is 4. The first-order valence-electron chi connectivity index (χ1n) is 12.2. The van der Waals surface area contributed by atoms with E-state index in [9.17, 15) is 0 Å². The highest BCUT2D eigenvalue weighted by molar-refractivity contribution is 8.00. The summed E-state index contributed by atoms with van der Waals surface area (Å²) in [5, 5.41) is 14.2. The van der Waals surface area contributed by atoms with Gasteiger partial charge in [-0.2, -0.15) is 0 Å². The van der Waals surface area contributed by atoms with Crippen molar-refractivity contribution in [3.05, 3.63) is 64.8 Å². The van der Waals surface area contributed by atoms with E-state index in [-0.39, 0.29) is 0 Å². The number of anilines is 2. The molecule has 0 amide bonds. The molecule has 180 valence electrons. The third kappa shape index (κ3) is 5.52. The summed E-state index contributed by atoms with van der Waals surface area (Å²) in [6.45, 7) is 4.21. The van der Waals surface area contributed by atoms with Gasteiger partial charge in [0.05, 0.1) is 16.2 Å². The summed E-state index contributed by atoms with van der Waals surface area (Å²) in [7, 11) is 0. The Morgan fingerprint density at radius 3 is 2.66 bits per heavy atom. The van der Waals surface area contributed by atoms with Gasteiger partial charge in [0.2, 0.25) is 5.95 Å². The molecule has 0 spiro atoms. The van der Waals surface area contributed by atoms with Crippen molar-refractivity contribution in [1.82, 2.24) is 20.2 Å². The first-order valence-corrected chi connectivity index (χ1v) is 13.4. The Morgan fingerprint density at radius 1 is 1.06 bits per heavy atom. The quantitative estimate of drug-likeness (QED) is 0.253. The fourth-order valence-electron chi connectivity index (χ4n) is 4.58. The molecule has 8 heteroatoms. The maximum absolute atomic E-state index is 6.25. The molecule has 1 aliphatic carbocycles. The Morgan fingerprint density at radius 2 is 1.89 bits per heavy atom. The zero-order valence-corrected chi connectivity index (χ0v) is 21.6. The van der Waals surface area contributed by atoms with E-state index in [1.54, 1.807) is 0 Å². The van der Waals surface area contributed by atoms with Crippen molar-refractivity contribution in [1.29, 1.82) is 0 Å². The zero-order valence-electron chi connectivity index (χ0n) is 20.0. The van der Waals surface area contributed by atoms with E-state index in [4.69, 9.17) is 16.6 Å². The second kappa shape index (κ2) is 10.8. The highest BCUT2D eigenvalue weighted by atomic mass is 35.5. The van der Waals surface area contributed by atoms with E-state index in [0.29, 0.717) is 16.9 Å². The van der Waals surface area contributed by atoms with Gasteiger partial charge in [-0.25, -0.2) is 9.97 Å². The van der Waals surface area contributed by atoms with Crippen LogP contribution < -0.4 is 10.0 Å². The molecule has 2 N–H and O–H groups in total. The summed E-state index contributed by atoms with van der Waals surface area (Å²) in [6, 6.07) is 14.5. The van der Waals surface area contributed by atoms with Crippen molar-refractivity contribution < 1.29 is 0 Å². The van der Waals surface area contributed by atoms with Crippen molar-refractivity contribution in [2.75, 3.05) is 10.0 Å². The number of hydrogen-bond acceptors (Lipinski definition) is 7. The lowest BCUT2D eigenvalue weighted by Crippen LogP contribution is -2.23. The molecule has 5 rings (SSSR count). The Labute approximate surface area is 215 Å². The SMILES string of the molecule is CCc1cc(-c2nnc(NSc3ccccc3Cl)cc2C)cc2cnc(NC3CCCCC3)nc12. The topological polar surface area (TPSA) is 75.6 Å². The molecular weight excluding hydrogens is 476 g/mol. The second-order valence-electron chi connectivity index (χ2n) is 9.00. The Hall–Kier alpha value is -2.90. The van der Waals surface area contributed by atoms with Crippen LogP contribution in [0.2, 0.25) is 5.02 Å². The molecule has 0 aliphatic heterocycles. The lowest BCUT2D eigenvalue weighted by molar-refractivity contribution is 0.461. The molecule has 1 saturated carbocycles. The van der Waals surface area contributed by atoms with Gasteiger partial charge in [-0.15, -0.1) is 10.2 Å². The standard InChI is InChI=1S/C27H29ClN6S/c1-3-18-14-19(15-20-16-29-27(31-26(18)20)30-21-9-5-4-6-10-21)25-17(2)13-24(32-33-25)34-35-23-12-8-7-11-22(23)28/h7-8,11-16,21H,3-6,9-10H2,1-2H3,(H,32,34)(H,29,30,31). The first kappa shape index (κ1) is 23.8. The molecule has 1 fully saturated rings. The van der Waals surface area contributed by atoms with Crippen LogP contribution in [0.15, 0.2) is 53.6 Å². The van der Waals surface area contributed by atoms with E-state index >= 15 is 0 Å². The molecule has 2 aromatic heterocycles. The van der Waals surface area contributed by atoms with E-state index in [1.807, 2.05) is 36.5 Å². The van der Waals surface area contributed by atoms with Gasteiger partial charge in [0, 0.05) is 28.1 Å². The first-order chi connectivity index (χ1) is 17.1. The van der Waals surface area contributed by atoms with Crippen molar-refractivity contribution >= 4 is 46.2 Å². The minimum absolute atomic E-state index is 0.478. The molecule has 35 heavy (non-hydrogen) atoms. The third-order valence-corrected chi connectivity index (χ3v) is 7.77. The monoisotopic (exact) mass is 504 g/mol. The van der Waals surface area contributed by atoms with Crippen LogP contribution in [0.4, 0.5) is 11.8 Å². The van der Waals surface area contributed by atoms with Crippen molar-refractivity contribution in [2.24, 2.45) is 0 Å². The van der Waals surface area contributed by atoms with Crippen molar-refractivity contribution in [3.8, 4) is 11.3 Å². The highest BCUT2D eigenvalue weighted by Crippen LogP contribution is 2.31. The van der Waals surface area contributed by atoms with Crippen LogP contribution in [-0.4, -0.2) is 26.2 Å². The molecule has 0 saturated heterocycles. The number of hydrogen-bond donors (Lipinski definition) is 2. The molecule has 0 bridgehead atoms. The van der Waals surface area contributed by atoms with Crippen LogP contribution in [0, 0.1) is 6.92 Å². The molecular formula is C27H29ClN6S. The maximum atomic E-state index is 6.25. The predicted molar refractivity (Wildman–Crippen MR) is 146 cm³/mol. The number of fused-ring (bicyclic) bond motifs is 1. The van der Waals surface area contributed by atoms with Gasteiger partial charge < -0.3 is 10.0 Å². The van der Waals surface area contributed by atoms with Crippen molar-refractivity contribution in [3.63, 3.8) is 0 Å². The van der Waals surface area contributed by atoms with Gasteiger partial charge in [0.25, 0.3) is 0 Å². The van der Waals surface area contributed by atoms with Crippen LogP contribution in [0.25, 0.3) is 22.2 Å². The average molecular weight is 505 g/mol. The van der Waals surface area contributed by atoms with Gasteiger partial charge in [0.15, 0.2) is 5.82 Å². The largest absolute Gasteiger partial charge is 0.351 e. The minimum Gasteiger partial charge on any atom is -0.351 e. The maximum Gasteiger partial charge on any atom is 0.223 e. The summed E-state index contributed by atoms with van der Waals surface area (Å²) in [5.41, 5.74) is 5.12. The summed E-state index contributed by atoms with van der Waals surface area (Å²) in [6.07, 6.45) is 9.09. The second-order valence-corrected chi connectivity index (χ2v) is 10.3. The average Bonchev–Trinajstić information content (AvgIpc) is 2.88. The van der Waals surface area contributed by atoms with Crippen LogP contribution in [-0.2, 0) is 6.42 Å². The lowest BCUT2D eigenvalue weighted by Gasteiger charge is -2.22. The summed E-state index contributed by atoms with van der Waals surface area (Å²) < 4.78 is 3.24. The fraction of sp³-hybridized carbons (Fsp3) is 0.333. The van der Waals surface area contributed by atoms with Gasteiger partial charge in [-0.1, -0.05) is 49.9 Å². The minimum atomic E-state index is 0.478. The lowest BCUT2D eigenvalue weighted by atomic mass is 9.96. The molecule has 2 heterocycles. The Bertz CT molecular complexity index is 1340. The Balaban J connectivity index is 1.38. The van der Waals surface area contributed by atoms with Crippen LogP contribution in [0.3, 0.4) is 0 Å². The molecule has 0 radical (unpaired) electrons. The molecule has 6 nitrogen and oxygen atoms in total. The van der Waals surface area contributed by atoms with Gasteiger partial charge in [-0.05, 0) is 79.6 Å². The normalized spacial score (nSPS) is 14.3. The van der Waals surface area contributed by atoms with Crippen molar-refractivity contribution in [2.45, 2.75) is 63.3 Å². The number of rotatable bonds is 7. The number of halogens is 1. The van der Waals surface area contributed by atoms with E-state index < -0.39 is 0 Å². The number of aryl methyl sites for hydroxylation is 2. The van der Waals surface area contributed by atoms with Gasteiger partial charge in [-0.3, -0.25) is 0 Å². The molecule has 1 aliphatic rings. The summed E-state index contributed by atoms with van der Waals surface area (Å²) in [4.78, 5) is 10.5. The number of nitrogens with one attached hydrogen (secondary N) is 2. The van der Waals surface area contributed by atoms with E-state index in [2.05, 4.69) is 51.2 Å². The fourth-order valence-corrected chi connectivity index (χ4v) is 5.46. The number of aromatic nitrogens is 4. The Kier molecular flexibility index (Phi) is 7.35. The summed E-state index contributed by atoms with van der Waals surface area (Å²) in [5.74, 6) is 1.42. The van der Waals surface area contributed by atoms with Crippen LogP contribution in [0.1, 0.15) is 50.2 Å². The highest BCUT2D eigenvalue weighted by Gasteiger charge is 2.16. The van der Waals surface area contributed by atoms with Gasteiger partial charge >= 0.3 is 0 Å². The predicted octanol–water partition coefficient (Wildman–Crippen LogP) is 7.47. The molecule has 0 atom stereocenters.